The number of nitrogens with one attached hydrogen (secondary N) is 2. The molecular weight excluding hydrogens is 374 g/mol. The number of nitrogens with zero attached hydrogens (tertiary/aromatic N) is 1. The van der Waals surface area contributed by atoms with E-state index < -0.39 is 0 Å². The average Bonchev–Trinajstić information content (AvgIpc) is 2.98. The number of rotatable bonds is 6. The first-order chi connectivity index (χ1) is 13.4. The Morgan fingerprint density at radius 3 is 2.43 bits per heavy atom. The SMILES string of the molecule is CC(=O)Nc1cccc(NC(=O)c2ccccc2SCc2c(C)noc2C)c1. The third-order valence-corrected chi connectivity index (χ3v) is 5.23. The van der Waals surface area contributed by atoms with Gasteiger partial charge in [0.2, 0.25) is 5.91 Å². The van der Waals surface area contributed by atoms with Crippen LogP contribution in [0.5, 0.6) is 0 Å². The van der Waals surface area contributed by atoms with Crippen molar-refractivity contribution >= 4 is 35.0 Å². The van der Waals surface area contributed by atoms with E-state index in [1.165, 1.54) is 6.92 Å². The van der Waals surface area contributed by atoms with Crippen LogP contribution in [0.1, 0.15) is 34.3 Å². The van der Waals surface area contributed by atoms with E-state index in [0.717, 1.165) is 21.9 Å². The standard InChI is InChI=1S/C21H21N3O3S/c1-13-19(14(2)27-24-13)12-28-20-10-5-4-9-18(20)21(26)23-17-8-6-7-16(11-17)22-15(3)25/h4-11H,12H2,1-3H3,(H,22,25)(H,23,26). The number of carbonyl (C=O) groups is 2. The molecule has 28 heavy (non-hydrogen) atoms. The Morgan fingerprint density at radius 2 is 1.75 bits per heavy atom. The van der Waals surface area contributed by atoms with Gasteiger partial charge < -0.3 is 15.2 Å². The van der Waals surface area contributed by atoms with Crippen molar-refractivity contribution in [1.29, 1.82) is 0 Å². The van der Waals surface area contributed by atoms with Gasteiger partial charge in [-0.25, -0.2) is 0 Å². The van der Waals surface area contributed by atoms with Gasteiger partial charge in [-0.15, -0.1) is 11.8 Å². The van der Waals surface area contributed by atoms with Crippen molar-refractivity contribution in [3.05, 3.63) is 71.1 Å². The van der Waals surface area contributed by atoms with E-state index in [-0.39, 0.29) is 11.8 Å². The summed E-state index contributed by atoms with van der Waals surface area (Å²) in [5, 5.41) is 9.57. The van der Waals surface area contributed by atoms with Crippen molar-refractivity contribution < 1.29 is 14.1 Å². The van der Waals surface area contributed by atoms with Crippen LogP contribution >= 0.6 is 11.8 Å². The molecule has 3 aromatic rings. The van der Waals surface area contributed by atoms with Crippen molar-refractivity contribution in [2.45, 2.75) is 31.4 Å². The molecule has 0 aliphatic heterocycles. The van der Waals surface area contributed by atoms with E-state index in [1.54, 1.807) is 42.1 Å². The third kappa shape index (κ3) is 4.80. The predicted octanol–water partition coefficient (Wildman–Crippen LogP) is 4.79. The summed E-state index contributed by atoms with van der Waals surface area (Å²) in [5.41, 5.74) is 3.74. The van der Waals surface area contributed by atoms with Crippen LogP contribution < -0.4 is 10.6 Å². The largest absolute Gasteiger partial charge is 0.361 e. The van der Waals surface area contributed by atoms with Gasteiger partial charge >= 0.3 is 0 Å². The Morgan fingerprint density at radius 1 is 1.04 bits per heavy atom. The zero-order valence-corrected chi connectivity index (χ0v) is 16.7. The van der Waals surface area contributed by atoms with Crippen LogP contribution in [-0.2, 0) is 10.5 Å². The lowest BCUT2D eigenvalue weighted by molar-refractivity contribution is -0.114. The molecule has 1 aromatic heterocycles. The van der Waals surface area contributed by atoms with Crippen molar-refractivity contribution in [1.82, 2.24) is 5.16 Å². The Hall–Kier alpha value is -3.06. The molecule has 3 rings (SSSR count). The first kappa shape index (κ1) is 19.7. The smallest absolute Gasteiger partial charge is 0.256 e. The van der Waals surface area contributed by atoms with Gasteiger partial charge in [-0.3, -0.25) is 9.59 Å². The van der Waals surface area contributed by atoms with Crippen LogP contribution in [0.2, 0.25) is 0 Å². The van der Waals surface area contributed by atoms with Gasteiger partial charge in [-0.2, -0.15) is 0 Å². The first-order valence-corrected chi connectivity index (χ1v) is 9.75. The number of thioether (sulfide) groups is 1. The monoisotopic (exact) mass is 395 g/mol. The molecule has 0 bridgehead atoms. The van der Waals surface area contributed by atoms with Crippen LogP contribution in [0.3, 0.4) is 0 Å². The Kier molecular flexibility index (Phi) is 6.16. The van der Waals surface area contributed by atoms with Crippen LogP contribution in [0, 0.1) is 13.8 Å². The number of aromatic nitrogens is 1. The van der Waals surface area contributed by atoms with Crippen LogP contribution in [0.15, 0.2) is 57.9 Å². The average molecular weight is 395 g/mol. The van der Waals surface area contributed by atoms with E-state index in [9.17, 15) is 9.59 Å². The second-order valence-corrected chi connectivity index (χ2v) is 7.32. The fourth-order valence-electron chi connectivity index (χ4n) is 2.71. The highest BCUT2D eigenvalue weighted by molar-refractivity contribution is 7.98. The normalized spacial score (nSPS) is 10.5. The molecule has 0 saturated heterocycles. The zero-order valence-electron chi connectivity index (χ0n) is 15.9. The molecule has 144 valence electrons. The van der Waals surface area contributed by atoms with Crippen molar-refractivity contribution in [3.63, 3.8) is 0 Å². The van der Waals surface area contributed by atoms with E-state index in [1.807, 2.05) is 32.0 Å². The molecule has 0 atom stereocenters. The molecule has 0 aliphatic rings. The maximum absolute atomic E-state index is 12.8. The molecule has 0 spiro atoms. The van der Waals surface area contributed by atoms with E-state index in [2.05, 4.69) is 15.8 Å². The number of benzene rings is 2. The minimum Gasteiger partial charge on any atom is -0.361 e. The summed E-state index contributed by atoms with van der Waals surface area (Å²) in [5.74, 6) is 1.09. The van der Waals surface area contributed by atoms with Crippen molar-refractivity contribution in [3.8, 4) is 0 Å². The van der Waals surface area contributed by atoms with E-state index in [0.29, 0.717) is 22.7 Å². The fourth-order valence-corrected chi connectivity index (χ4v) is 3.92. The second-order valence-electron chi connectivity index (χ2n) is 6.30. The van der Waals surface area contributed by atoms with Gasteiger partial charge in [0, 0.05) is 34.5 Å². The minimum absolute atomic E-state index is 0.162. The highest BCUT2D eigenvalue weighted by Crippen LogP contribution is 2.29. The highest BCUT2D eigenvalue weighted by Gasteiger charge is 2.15. The van der Waals surface area contributed by atoms with Gasteiger partial charge in [0.1, 0.15) is 5.76 Å². The molecule has 6 nitrogen and oxygen atoms in total. The van der Waals surface area contributed by atoms with E-state index in [4.69, 9.17) is 4.52 Å². The number of anilines is 2. The lowest BCUT2D eigenvalue weighted by atomic mass is 10.2. The summed E-state index contributed by atoms with van der Waals surface area (Å²) in [6.07, 6.45) is 0. The molecule has 0 saturated carbocycles. The molecule has 2 aromatic carbocycles. The Bertz CT molecular complexity index is 994. The number of hydrogen-bond donors (Lipinski definition) is 2. The lowest BCUT2D eigenvalue weighted by Gasteiger charge is -2.11. The van der Waals surface area contributed by atoms with Gasteiger partial charge in [-0.1, -0.05) is 23.4 Å². The van der Waals surface area contributed by atoms with E-state index >= 15 is 0 Å². The molecule has 0 aliphatic carbocycles. The minimum atomic E-state index is -0.207. The van der Waals surface area contributed by atoms with Crippen molar-refractivity contribution in [2.75, 3.05) is 10.6 Å². The molecule has 0 radical (unpaired) electrons. The van der Waals surface area contributed by atoms with Crippen LogP contribution in [0.4, 0.5) is 11.4 Å². The van der Waals surface area contributed by atoms with Gasteiger partial charge in [-0.05, 0) is 44.2 Å². The molecule has 2 N–H and O–H groups in total. The quantitative estimate of drug-likeness (QED) is 0.586. The molecule has 1 heterocycles. The van der Waals surface area contributed by atoms with Gasteiger partial charge in [0.15, 0.2) is 0 Å². The van der Waals surface area contributed by atoms with Crippen molar-refractivity contribution in [2.24, 2.45) is 0 Å². The Labute approximate surface area is 167 Å². The fraction of sp³-hybridized carbons (Fsp3) is 0.190. The summed E-state index contributed by atoms with van der Waals surface area (Å²) >= 11 is 1.57. The lowest BCUT2D eigenvalue weighted by Crippen LogP contribution is -2.13. The Balaban J connectivity index is 1.75. The molecule has 7 heteroatoms. The number of amides is 2. The number of carbonyl (C=O) groups excluding carboxylic acids is 2. The summed E-state index contributed by atoms with van der Waals surface area (Å²) in [6, 6.07) is 14.5. The second kappa shape index (κ2) is 8.75. The number of aryl methyl sites for hydroxylation is 2. The molecule has 0 fully saturated rings. The third-order valence-electron chi connectivity index (χ3n) is 4.13. The molecular formula is C21H21N3O3S. The summed E-state index contributed by atoms with van der Waals surface area (Å²) in [7, 11) is 0. The number of hydrogen-bond acceptors (Lipinski definition) is 5. The topological polar surface area (TPSA) is 84.2 Å². The van der Waals surface area contributed by atoms with Crippen LogP contribution in [-0.4, -0.2) is 17.0 Å². The predicted molar refractivity (Wildman–Crippen MR) is 111 cm³/mol. The first-order valence-electron chi connectivity index (χ1n) is 8.76. The maximum atomic E-state index is 12.8. The highest BCUT2D eigenvalue weighted by atomic mass is 32.2. The maximum Gasteiger partial charge on any atom is 0.256 e. The summed E-state index contributed by atoms with van der Waals surface area (Å²) < 4.78 is 5.21. The summed E-state index contributed by atoms with van der Waals surface area (Å²) in [6.45, 7) is 5.24. The molecule has 2 amide bonds. The van der Waals surface area contributed by atoms with Gasteiger partial charge in [0.05, 0.1) is 11.3 Å². The van der Waals surface area contributed by atoms with Gasteiger partial charge in [0.25, 0.3) is 5.91 Å². The molecule has 0 unspecified atom stereocenters. The zero-order chi connectivity index (χ0) is 20.1. The van der Waals surface area contributed by atoms with Crippen LogP contribution in [0.25, 0.3) is 0 Å². The summed E-state index contributed by atoms with van der Waals surface area (Å²) in [4.78, 5) is 24.9.